The Morgan fingerprint density at radius 3 is 2.27 bits per heavy atom. The van der Waals surface area contributed by atoms with Crippen LogP contribution in [0.2, 0.25) is 0 Å². The van der Waals surface area contributed by atoms with E-state index in [1.54, 1.807) is 12.1 Å². The molecule has 0 fully saturated rings. The van der Waals surface area contributed by atoms with Crippen molar-refractivity contribution >= 4 is 54.1 Å². The molecule has 0 atom stereocenters. The van der Waals surface area contributed by atoms with Gasteiger partial charge in [-0.15, -0.1) is 37.2 Å². The van der Waals surface area contributed by atoms with E-state index in [0.29, 0.717) is 5.58 Å². The second-order valence-electron chi connectivity index (χ2n) is 2.51. The van der Waals surface area contributed by atoms with Crippen molar-refractivity contribution in [1.82, 2.24) is 0 Å². The van der Waals surface area contributed by atoms with Gasteiger partial charge in [-0.25, -0.2) is 0 Å². The van der Waals surface area contributed by atoms with E-state index in [0.717, 1.165) is 5.39 Å². The third kappa shape index (κ3) is 3.30. The van der Waals surface area contributed by atoms with Gasteiger partial charge in [0.25, 0.3) is 5.91 Å². The Labute approximate surface area is 105 Å². The zero-order valence-electron chi connectivity index (χ0n) is 7.51. The van der Waals surface area contributed by atoms with Crippen molar-refractivity contribution in [3.8, 4) is 0 Å². The highest BCUT2D eigenvalue weighted by Crippen LogP contribution is 2.17. The number of halogens is 3. The maximum Gasteiger partial charge on any atom is 0.284 e. The second-order valence-corrected chi connectivity index (χ2v) is 2.51. The van der Waals surface area contributed by atoms with Crippen LogP contribution in [0, 0.1) is 0 Å². The number of hydrogen-bond acceptors (Lipinski definition) is 2. The lowest BCUT2D eigenvalue weighted by Gasteiger charge is -1.83. The smallest absolute Gasteiger partial charge is 0.284 e. The van der Waals surface area contributed by atoms with Gasteiger partial charge in [0.15, 0.2) is 5.76 Å². The molecule has 3 nitrogen and oxygen atoms in total. The molecule has 0 aliphatic carbocycles. The molecule has 0 bridgehead atoms. The van der Waals surface area contributed by atoms with Crippen molar-refractivity contribution in [3.63, 3.8) is 0 Å². The van der Waals surface area contributed by atoms with E-state index >= 15 is 0 Å². The third-order valence-corrected chi connectivity index (χ3v) is 1.67. The minimum absolute atomic E-state index is 0. The standard InChI is InChI=1S/C9H7NO2.3ClH/c10-9(11)8-5-6-3-1-2-4-7(6)12-8;;;/h1-5H,(H2,10,11);3*1H. The minimum Gasteiger partial charge on any atom is -0.451 e. The number of benzene rings is 1. The lowest BCUT2D eigenvalue weighted by Crippen LogP contribution is -2.08. The van der Waals surface area contributed by atoms with E-state index < -0.39 is 5.91 Å². The number of amides is 1. The number of fused-ring (bicyclic) bond motifs is 1. The Balaban J connectivity index is 0. The number of hydrogen-bond donors (Lipinski definition) is 1. The molecule has 2 aromatic rings. The summed E-state index contributed by atoms with van der Waals surface area (Å²) < 4.78 is 5.15. The summed E-state index contributed by atoms with van der Waals surface area (Å²) in [5, 5.41) is 0.895. The molecule has 1 aromatic carbocycles. The van der Waals surface area contributed by atoms with Crippen molar-refractivity contribution in [2.24, 2.45) is 5.73 Å². The monoisotopic (exact) mass is 269 g/mol. The van der Waals surface area contributed by atoms with Crippen molar-refractivity contribution in [3.05, 3.63) is 36.1 Å². The van der Waals surface area contributed by atoms with Gasteiger partial charge >= 0.3 is 0 Å². The van der Waals surface area contributed by atoms with Crippen LogP contribution >= 0.6 is 37.2 Å². The Kier molecular flexibility index (Phi) is 7.23. The first kappa shape index (κ1) is 16.5. The van der Waals surface area contributed by atoms with Crippen LogP contribution in [-0.4, -0.2) is 5.91 Å². The molecule has 0 radical (unpaired) electrons. The summed E-state index contributed by atoms with van der Waals surface area (Å²) in [5.41, 5.74) is 5.73. The fraction of sp³-hybridized carbons (Fsp3) is 0. The first-order valence-electron chi connectivity index (χ1n) is 3.56. The van der Waals surface area contributed by atoms with E-state index in [1.165, 1.54) is 0 Å². The number of rotatable bonds is 1. The Morgan fingerprint density at radius 2 is 1.73 bits per heavy atom. The maximum atomic E-state index is 10.7. The van der Waals surface area contributed by atoms with E-state index in [2.05, 4.69) is 0 Å². The minimum atomic E-state index is -0.536. The third-order valence-electron chi connectivity index (χ3n) is 1.67. The molecule has 0 spiro atoms. The molecule has 0 aliphatic rings. The van der Waals surface area contributed by atoms with E-state index in [9.17, 15) is 4.79 Å². The zero-order chi connectivity index (χ0) is 8.55. The highest BCUT2D eigenvalue weighted by atomic mass is 35.5. The largest absolute Gasteiger partial charge is 0.451 e. The van der Waals surface area contributed by atoms with Gasteiger partial charge in [-0.05, 0) is 12.1 Å². The van der Waals surface area contributed by atoms with Gasteiger partial charge in [0, 0.05) is 5.39 Å². The molecule has 2 rings (SSSR count). The van der Waals surface area contributed by atoms with Crippen LogP contribution in [0.1, 0.15) is 10.6 Å². The molecule has 2 N–H and O–H groups in total. The Morgan fingerprint density at radius 1 is 1.13 bits per heavy atom. The van der Waals surface area contributed by atoms with Gasteiger partial charge in [0.1, 0.15) is 5.58 Å². The molecule has 6 heteroatoms. The summed E-state index contributed by atoms with van der Waals surface area (Å²) in [6, 6.07) is 9.02. The lowest BCUT2D eigenvalue weighted by molar-refractivity contribution is 0.0976. The topological polar surface area (TPSA) is 56.2 Å². The maximum absolute atomic E-state index is 10.7. The predicted molar refractivity (Wildman–Crippen MR) is 66.5 cm³/mol. The van der Waals surface area contributed by atoms with Crippen LogP contribution in [0.5, 0.6) is 0 Å². The SMILES string of the molecule is Cl.Cl.Cl.NC(=O)c1cc2ccccc2o1. The number of furan rings is 1. The molecule has 0 aliphatic heterocycles. The number of para-hydroxylation sites is 1. The molecule has 1 heterocycles. The number of carbonyl (C=O) groups is 1. The zero-order valence-corrected chi connectivity index (χ0v) is 9.95. The fourth-order valence-corrected chi connectivity index (χ4v) is 1.10. The van der Waals surface area contributed by atoms with Crippen molar-refractivity contribution in [2.45, 2.75) is 0 Å². The molecular weight excluding hydrogens is 260 g/mol. The lowest BCUT2D eigenvalue weighted by atomic mass is 10.2. The summed E-state index contributed by atoms with van der Waals surface area (Å²) >= 11 is 0. The molecule has 84 valence electrons. The van der Waals surface area contributed by atoms with Gasteiger partial charge < -0.3 is 10.2 Å². The summed E-state index contributed by atoms with van der Waals surface area (Å²) in [6.07, 6.45) is 0. The van der Waals surface area contributed by atoms with E-state index in [-0.39, 0.29) is 43.0 Å². The van der Waals surface area contributed by atoms with Crippen molar-refractivity contribution in [2.75, 3.05) is 0 Å². The van der Waals surface area contributed by atoms with Crippen LogP contribution in [-0.2, 0) is 0 Å². The normalized spacial score (nSPS) is 8.27. The van der Waals surface area contributed by atoms with Crippen LogP contribution in [0.3, 0.4) is 0 Å². The molecule has 1 aromatic heterocycles. The Bertz CT molecular complexity index is 409. The van der Waals surface area contributed by atoms with Gasteiger partial charge in [-0.3, -0.25) is 4.79 Å². The van der Waals surface area contributed by atoms with Crippen LogP contribution < -0.4 is 5.73 Å². The molecule has 0 unspecified atom stereocenters. The van der Waals surface area contributed by atoms with Gasteiger partial charge in [-0.2, -0.15) is 0 Å². The molecule has 0 saturated carbocycles. The first-order chi connectivity index (χ1) is 5.77. The second kappa shape index (κ2) is 6.56. The Hall–Kier alpha value is -0.900. The number of nitrogens with two attached hydrogens (primary N) is 1. The summed E-state index contributed by atoms with van der Waals surface area (Å²) in [6.45, 7) is 0. The first-order valence-corrected chi connectivity index (χ1v) is 3.56. The van der Waals surface area contributed by atoms with Crippen LogP contribution in [0.4, 0.5) is 0 Å². The highest BCUT2D eigenvalue weighted by molar-refractivity contribution is 5.94. The van der Waals surface area contributed by atoms with Gasteiger partial charge in [-0.1, -0.05) is 18.2 Å². The molecular formula is C9H10Cl3NO2. The van der Waals surface area contributed by atoms with Gasteiger partial charge in [0.2, 0.25) is 0 Å². The summed E-state index contributed by atoms with van der Waals surface area (Å²) in [4.78, 5) is 10.7. The molecule has 1 amide bonds. The number of primary amides is 1. The average molecular weight is 271 g/mol. The quantitative estimate of drug-likeness (QED) is 0.866. The van der Waals surface area contributed by atoms with E-state index in [1.807, 2.05) is 18.2 Å². The van der Waals surface area contributed by atoms with Crippen molar-refractivity contribution < 1.29 is 9.21 Å². The highest BCUT2D eigenvalue weighted by Gasteiger charge is 2.06. The fourth-order valence-electron chi connectivity index (χ4n) is 1.10. The predicted octanol–water partition coefficient (Wildman–Crippen LogP) is 2.80. The average Bonchev–Trinajstić information content (AvgIpc) is 2.46. The molecule has 15 heavy (non-hydrogen) atoms. The van der Waals surface area contributed by atoms with Crippen LogP contribution in [0.15, 0.2) is 34.7 Å². The summed E-state index contributed by atoms with van der Waals surface area (Å²) in [7, 11) is 0. The number of carbonyl (C=O) groups excluding carboxylic acids is 1. The van der Waals surface area contributed by atoms with Crippen LogP contribution in [0.25, 0.3) is 11.0 Å². The summed E-state index contributed by atoms with van der Waals surface area (Å²) in [5.74, 6) is -0.331. The van der Waals surface area contributed by atoms with Crippen molar-refractivity contribution in [1.29, 1.82) is 0 Å². The van der Waals surface area contributed by atoms with E-state index in [4.69, 9.17) is 10.2 Å². The molecule has 0 saturated heterocycles. The van der Waals surface area contributed by atoms with Gasteiger partial charge in [0.05, 0.1) is 0 Å².